The molecule has 0 aliphatic carbocycles. The van der Waals surface area contributed by atoms with Crippen LogP contribution in [0, 0.1) is 0 Å². The average Bonchev–Trinajstić information content (AvgIpc) is 3.13. The number of hydrogen-bond donors (Lipinski definition) is 0. The largest absolute Gasteiger partial charge is 0.449 e. The van der Waals surface area contributed by atoms with Gasteiger partial charge in [0, 0.05) is 5.27 Å². The topological polar surface area (TPSA) is 126 Å². The average molecular weight is 250 g/mol. The smallest absolute Gasteiger partial charge is 0.332 e. The summed E-state index contributed by atoms with van der Waals surface area (Å²) in [5.74, 6) is 0.744. The molecule has 0 N–H and O–H groups in total. The van der Waals surface area contributed by atoms with Crippen molar-refractivity contribution in [3.63, 3.8) is 0 Å². The Balaban J connectivity index is 1.80. The van der Waals surface area contributed by atoms with Crippen molar-refractivity contribution >= 4 is 0 Å². The molecule has 3 rings (SSSR count). The van der Waals surface area contributed by atoms with Crippen molar-refractivity contribution in [1.29, 1.82) is 0 Å². The van der Waals surface area contributed by atoms with E-state index in [1.54, 1.807) is 0 Å². The van der Waals surface area contributed by atoms with E-state index in [1.807, 2.05) is 0 Å². The lowest BCUT2D eigenvalue weighted by Gasteiger charge is -2.09. The second-order valence-electron chi connectivity index (χ2n) is 3.16. The highest BCUT2D eigenvalue weighted by Crippen LogP contribution is 2.22. The van der Waals surface area contributed by atoms with E-state index in [2.05, 4.69) is 30.7 Å². The molecule has 1 unspecified atom stereocenters. The lowest BCUT2D eigenvalue weighted by atomic mass is 10.2. The molecule has 18 heavy (non-hydrogen) atoms. The summed E-state index contributed by atoms with van der Waals surface area (Å²) >= 11 is 0. The van der Waals surface area contributed by atoms with Crippen LogP contribution in [0.5, 0.6) is 5.95 Å². The molecule has 10 heteroatoms. The first-order valence-electron chi connectivity index (χ1n) is 4.88. The van der Waals surface area contributed by atoms with Gasteiger partial charge in [0.15, 0.2) is 18.8 Å². The zero-order valence-corrected chi connectivity index (χ0v) is 8.83. The van der Waals surface area contributed by atoms with Gasteiger partial charge < -0.3 is 13.8 Å². The van der Waals surface area contributed by atoms with E-state index in [-0.39, 0.29) is 18.3 Å². The van der Waals surface area contributed by atoms with E-state index >= 15 is 0 Å². The quantitative estimate of drug-likeness (QED) is 0.619. The second kappa shape index (κ2) is 4.61. The van der Waals surface area contributed by atoms with E-state index in [4.69, 9.17) is 18.3 Å². The first kappa shape index (κ1) is 10.4. The Kier molecular flexibility index (Phi) is 2.66. The number of hydrogen-bond acceptors (Lipinski definition) is 10. The zero-order valence-electron chi connectivity index (χ0n) is 8.83. The van der Waals surface area contributed by atoms with Crippen LogP contribution in [0.3, 0.4) is 0 Å². The van der Waals surface area contributed by atoms with Gasteiger partial charge >= 0.3 is 5.95 Å². The van der Waals surface area contributed by atoms with E-state index in [1.165, 1.54) is 18.9 Å². The fraction of sp³-hybridized carbons (Fsp3) is 0.250. The Hall–Kier alpha value is -2.78. The van der Waals surface area contributed by atoms with Crippen LogP contribution >= 0.6 is 0 Å². The molecule has 1 atom stereocenters. The van der Waals surface area contributed by atoms with Gasteiger partial charge in [0.2, 0.25) is 5.89 Å². The van der Waals surface area contributed by atoms with Gasteiger partial charge in [-0.1, -0.05) is 10.3 Å². The minimum Gasteiger partial charge on any atom is -0.449 e. The Morgan fingerprint density at radius 2 is 2.00 bits per heavy atom. The SMILES string of the molecule is c1noc(CC(Oc2cnno2)c2ncno2)n1. The third kappa shape index (κ3) is 2.16. The minimum atomic E-state index is -0.623. The molecule has 0 bridgehead atoms. The highest BCUT2D eigenvalue weighted by atomic mass is 16.6. The summed E-state index contributed by atoms with van der Waals surface area (Å²) in [6.07, 6.45) is 3.50. The van der Waals surface area contributed by atoms with Crippen molar-refractivity contribution in [1.82, 2.24) is 30.7 Å². The van der Waals surface area contributed by atoms with Crippen molar-refractivity contribution < 1.29 is 18.3 Å². The van der Waals surface area contributed by atoms with Gasteiger partial charge in [-0.05, 0) is 0 Å². The Bertz CT molecular complexity index is 527. The first-order chi connectivity index (χ1) is 8.92. The molecule has 0 spiro atoms. The third-order valence-corrected chi connectivity index (χ3v) is 2.02. The predicted octanol–water partition coefficient (Wildman–Crippen LogP) is 0.198. The van der Waals surface area contributed by atoms with Gasteiger partial charge in [0.05, 0.1) is 6.42 Å². The molecule has 3 aromatic rings. The minimum absolute atomic E-state index is 0.123. The summed E-state index contributed by atoms with van der Waals surface area (Å²) in [5.41, 5.74) is 0. The van der Waals surface area contributed by atoms with Crippen LogP contribution in [-0.2, 0) is 6.42 Å². The third-order valence-electron chi connectivity index (χ3n) is 2.02. The monoisotopic (exact) mass is 250 g/mol. The van der Waals surface area contributed by atoms with Crippen LogP contribution in [0.4, 0.5) is 0 Å². The molecule has 0 aliphatic rings. The predicted molar refractivity (Wildman–Crippen MR) is 50.0 cm³/mol. The highest BCUT2D eigenvalue weighted by molar-refractivity contribution is 4.99. The zero-order chi connectivity index (χ0) is 12.2. The van der Waals surface area contributed by atoms with Crippen molar-refractivity contribution in [2.75, 3.05) is 0 Å². The van der Waals surface area contributed by atoms with Crippen LogP contribution in [0.15, 0.2) is 32.4 Å². The van der Waals surface area contributed by atoms with Crippen molar-refractivity contribution in [2.45, 2.75) is 12.5 Å². The lowest BCUT2D eigenvalue weighted by Crippen LogP contribution is -2.11. The molecular formula is C8H6N6O4. The fourth-order valence-electron chi connectivity index (χ4n) is 1.30. The van der Waals surface area contributed by atoms with Crippen molar-refractivity contribution in [2.24, 2.45) is 0 Å². The number of nitrogens with zero attached hydrogens (tertiary/aromatic N) is 6. The molecule has 3 aromatic heterocycles. The van der Waals surface area contributed by atoms with Crippen LogP contribution in [0.2, 0.25) is 0 Å². The molecule has 0 fully saturated rings. The van der Waals surface area contributed by atoms with Crippen molar-refractivity contribution in [3.05, 3.63) is 30.6 Å². The number of aromatic nitrogens is 6. The molecule has 0 radical (unpaired) electrons. The van der Waals surface area contributed by atoms with Gasteiger partial charge in [-0.15, -0.1) is 5.10 Å². The van der Waals surface area contributed by atoms with E-state index in [0.717, 1.165) is 0 Å². The van der Waals surface area contributed by atoms with Gasteiger partial charge in [-0.25, -0.2) is 0 Å². The second-order valence-corrected chi connectivity index (χ2v) is 3.16. The summed E-state index contributed by atoms with van der Waals surface area (Å²) in [4.78, 5) is 7.79. The molecule has 92 valence electrons. The molecule has 0 amide bonds. The summed E-state index contributed by atoms with van der Waals surface area (Å²) in [6, 6.07) is 0. The lowest BCUT2D eigenvalue weighted by molar-refractivity contribution is 0.104. The van der Waals surface area contributed by atoms with E-state index in [0.29, 0.717) is 5.89 Å². The standard InChI is InChI=1S/C8H6N6O4/c1(6-9-3-12-16-6)5(8-10-4-13-18-8)15-7-2-11-14-17-7/h2-5H,1H2. The Morgan fingerprint density at radius 3 is 2.67 bits per heavy atom. The molecule has 0 saturated heterocycles. The fourth-order valence-corrected chi connectivity index (χ4v) is 1.30. The summed E-state index contributed by atoms with van der Waals surface area (Å²) in [6.45, 7) is 0. The van der Waals surface area contributed by atoms with Crippen LogP contribution in [-0.4, -0.2) is 30.7 Å². The number of ether oxygens (including phenoxy) is 1. The summed E-state index contributed by atoms with van der Waals surface area (Å²) < 4.78 is 20.0. The summed E-state index contributed by atoms with van der Waals surface area (Å²) in [5, 5.41) is 13.8. The molecule has 0 aliphatic heterocycles. The molecule has 3 heterocycles. The van der Waals surface area contributed by atoms with Gasteiger partial charge in [-0.3, -0.25) is 4.52 Å². The molecule has 10 nitrogen and oxygen atoms in total. The van der Waals surface area contributed by atoms with Gasteiger partial charge in [0.25, 0.3) is 5.89 Å². The van der Waals surface area contributed by atoms with E-state index in [9.17, 15) is 0 Å². The Labute approximate surface area is 98.9 Å². The first-order valence-corrected chi connectivity index (χ1v) is 4.88. The Morgan fingerprint density at radius 1 is 1.11 bits per heavy atom. The summed E-state index contributed by atoms with van der Waals surface area (Å²) in [7, 11) is 0. The van der Waals surface area contributed by atoms with Gasteiger partial charge in [-0.2, -0.15) is 9.97 Å². The van der Waals surface area contributed by atoms with Crippen molar-refractivity contribution in [3.8, 4) is 5.95 Å². The maximum Gasteiger partial charge on any atom is 0.332 e. The normalized spacial score (nSPS) is 12.4. The maximum absolute atomic E-state index is 5.46. The molecular weight excluding hydrogens is 244 g/mol. The molecule has 0 saturated carbocycles. The molecule has 0 aromatic carbocycles. The van der Waals surface area contributed by atoms with E-state index < -0.39 is 6.10 Å². The maximum atomic E-state index is 5.46. The van der Waals surface area contributed by atoms with Crippen LogP contribution < -0.4 is 4.74 Å². The number of rotatable bonds is 5. The van der Waals surface area contributed by atoms with Crippen LogP contribution in [0.1, 0.15) is 17.9 Å². The highest BCUT2D eigenvalue weighted by Gasteiger charge is 2.24. The van der Waals surface area contributed by atoms with Crippen LogP contribution in [0.25, 0.3) is 0 Å². The van der Waals surface area contributed by atoms with Gasteiger partial charge in [0.1, 0.15) is 6.20 Å².